The van der Waals surface area contributed by atoms with Crippen molar-refractivity contribution in [2.24, 2.45) is 12.5 Å². The molecule has 29 heavy (non-hydrogen) atoms. The van der Waals surface area contributed by atoms with E-state index in [9.17, 15) is 9.18 Å². The summed E-state index contributed by atoms with van der Waals surface area (Å²) < 4.78 is 14.9. The standard InChI is InChI=1S/C23H29FN4O/c1-23(2,3)11-10-17-12-16(13-24)8-9-18(17)14-25-22(29)27-20-6-5-7-21-19(20)15-26-28(21)4/h5-9,12,15H,10-11,13-14H2,1-4H3,(H2,25,27,29). The molecule has 0 spiro atoms. The number of nitrogens with zero attached hydrogens (tertiary/aromatic N) is 2. The highest BCUT2D eigenvalue weighted by Crippen LogP contribution is 2.25. The second kappa shape index (κ2) is 8.64. The van der Waals surface area contributed by atoms with Crippen LogP contribution in [-0.2, 0) is 26.7 Å². The normalized spacial score (nSPS) is 11.6. The van der Waals surface area contributed by atoms with Gasteiger partial charge >= 0.3 is 6.03 Å². The highest BCUT2D eigenvalue weighted by molar-refractivity contribution is 6.00. The lowest BCUT2D eigenvalue weighted by molar-refractivity contribution is 0.251. The van der Waals surface area contributed by atoms with E-state index in [0.717, 1.165) is 34.9 Å². The fourth-order valence-corrected chi connectivity index (χ4v) is 3.31. The molecule has 0 unspecified atom stereocenters. The SMILES string of the molecule is Cn1ncc2c(NC(=O)NCc3ccc(CF)cc3CCC(C)(C)C)cccc21. The summed E-state index contributed by atoms with van der Waals surface area (Å²) >= 11 is 0. The molecule has 2 N–H and O–H groups in total. The fourth-order valence-electron chi connectivity index (χ4n) is 3.31. The number of hydrogen-bond acceptors (Lipinski definition) is 2. The van der Waals surface area contributed by atoms with Crippen molar-refractivity contribution >= 4 is 22.6 Å². The van der Waals surface area contributed by atoms with Crippen LogP contribution in [0.15, 0.2) is 42.6 Å². The summed E-state index contributed by atoms with van der Waals surface area (Å²) in [6.07, 6.45) is 3.58. The molecule has 0 saturated heterocycles. The summed E-state index contributed by atoms with van der Waals surface area (Å²) in [4.78, 5) is 12.5. The summed E-state index contributed by atoms with van der Waals surface area (Å²) in [5.41, 5.74) is 4.63. The van der Waals surface area contributed by atoms with Gasteiger partial charge in [0.25, 0.3) is 0 Å². The number of fused-ring (bicyclic) bond motifs is 1. The van der Waals surface area contributed by atoms with E-state index in [1.54, 1.807) is 16.9 Å². The van der Waals surface area contributed by atoms with E-state index < -0.39 is 6.67 Å². The first kappa shape index (κ1) is 20.8. The van der Waals surface area contributed by atoms with Crippen LogP contribution in [0.4, 0.5) is 14.9 Å². The molecule has 0 aliphatic heterocycles. The zero-order valence-corrected chi connectivity index (χ0v) is 17.6. The van der Waals surface area contributed by atoms with Crippen molar-refractivity contribution in [3.8, 4) is 0 Å². The fraction of sp³-hybridized carbons (Fsp3) is 0.391. The van der Waals surface area contributed by atoms with Crippen LogP contribution in [0, 0.1) is 5.41 Å². The molecular formula is C23H29FN4O. The van der Waals surface area contributed by atoms with E-state index in [4.69, 9.17) is 0 Å². The maximum Gasteiger partial charge on any atom is 0.319 e. The Labute approximate surface area is 171 Å². The van der Waals surface area contributed by atoms with Crippen molar-refractivity contribution in [2.75, 3.05) is 5.32 Å². The van der Waals surface area contributed by atoms with Crippen molar-refractivity contribution in [2.45, 2.75) is 46.8 Å². The number of carbonyl (C=O) groups excluding carboxylic acids is 1. The molecule has 0 fully saturated rings. The molecule has 6 heteroatoms. The molecule has 2 amide bonds. The van der Waals surface area contributed by atoms with Crippen LogP contribution < -0.4 is 10.6 Å². The van der Waals surface area contributed by atoms with Gasteiger partial charge in [-0.1, -0.05) is 45.0 Å². The molecule has 2 aromatic carbocycles. The van der Waals surface area contributed by atoms with E-state index in [1.165, 1.54) is 0 Å². The molecule has 0 atom stereocenters. The van der Waals surface area contributed by atoms with Gasteiger partial charge in [0, 0.05) is 19.0 Å². The first-order valence-corrected chi connectivity index (χ1v) is 9.89. The number of halogens is 1. The van der Waals surface area contributed by atoms with Crippen LogP contribution in [-0.4, -0.2) is 15.8 Å². The van der Waals surface area contributed by atoms with Gasteiger partial charge in [-0.2, -0.15) is 5.10 Å². The Hall–Kier alpha value is -2.89. The van der Waals surface area contributed by atoms with Crippen molar-refractivity contribution < 1.29 is 9.18 Å². The number of amides is 2. The molecule has 3 rings (SSSR count). The van der Waals surface area contributed by atoms with Gasteiger partial charge in [-0.25, -0.2) is 9.18 Å². The second-order valence-electron chi connectivity index (χ2n) is 8.61. The van der Waals surface area contributed by atoms with E-state index in [2.05, 4.69) is 36.5 Å². The predicted octanol–water partition coefficient (Wildman–Crippen LogP) is 5.34. The number of anilines is 1. The highest BCUT2D eigenvalue weighted by atomic mass is 19.1. The maximum absolute atomic E-state index is 13.1. The van der Waals surface area contributed by atoms with Gasteiger partial charge in [-0.3, -0.25) is 4.68 Å². The number of hydrogen-bond donors (Lipinski definition) is 2. The summed E-state index contributed by atoms with van der Waals surface area (Å²) in [5.74, 6) is 0. The van der Waals surface area contributed by atoms with Gasteiger partial charge < -0.3 is 10.6 Å². The molecule has 0 aliphatic carbocycles. The van der Waals surface area contributed by atoms with Gasteiger partial charge in [-0.15, -0.1) is 0 Å². The third kappa shape index (κ3) is 5.34. The number of carbonyl (C=O) groups is 1. The lowest BCUT2D eigenvalue weighted by Gasteiger charge is -2.20. The van der Waals surface area contributed by atoms with Gasteiger partial charge in [0.2, 0.25) is 0 Å². The molecular weight excluding hydrogens is 367 g/mol. The summed E-state index contributed by atoms with van der Waals surface area (Å²) in [7, 11) is 1.87. The number of urea groups is 1. The predicted molar refractivity (Wildman–Crippen MR) is 116 cm³/mol. The summed E-state index contributed by atoms with van der Waals surface area (Å²) in [6.45, 7) is 6.48. The van der Waals surface area contributed by atoms with Crippen molar-refractivity contribution in [3.05, 3.63) is 59.3 Å². The largest absolute Gasteiger partial charge is 0.334 e. The molecule has 1 aromatic heterocycles. The molecule has 3 aromatic rings. The minimum atomic E-state index is -0.480. The van der Waals surface area contributed by atoms with E-state index in [0.29, 0.717) is 17.8 Å². The van der Waals surface area contributed by atoms with Gasteiger partial charge in [0.1, 0.15) is 6.67 Å². The molecule has 5 nitrogen and oxygen atoms in total. The quantitative estimate of drug-likeness (QED) is 0.591. The molecule has 154 valence electrons. The molecule has 0 radical (unpaired) electrons. The van der Waals surface area contributed by atoms with Crippen LogP contribution >= 0.6 is 0 Å². The van der Waals surface area contributed by atoms with E-state index in [1.807, 2.05) is 37.4 Å². The van der Waals surface area contributed by atoms with Crippen molar-refractivity contribution in [1.29, 1.82) is 0 Å². The number of aryl methyl sites for hydroxylation is 2. The molecule has 0 aliphatic rings. The average molecular weight is 397 g/mol. The Balaban J connectivity index is 1.69. The minimum Gasteiger partial charge on any atom is -0.334 e. The van der Waals surface area contributed by atoms with Gasteiger partial charge in [0.05, 0.1) is 17.4 Å². The van der Waals surface area contributed by atoms with Crippen LogP contribution in [0.5, 0.6) is 0 Å². The van der Waals surface area contributed by atoms with E-state index in [-0.39, 0.29) is 11.4 Å². The van der Waals surface area contributed by atoms with Gasteiger partial charge in [0.15, 0.2) is 0 Å². The van der Waals surface area contributed by atoms with Crippen LogP contribution in [0.2, 0.25) is 0 Å². The first-order valence-electron chi connectivity index (χ1n) is 9.89. The topological polar surface area (TPSA) is 59.0 Å². The van der Waals surface area contributed by atoms with Crippen LogP contribution in [0.25, 0.3) is 10.9 Å². The summed E-state index contributed by atoms with van der Waals surface area (Å²) in [5, 5.41) is 11.0. The Morgan fingerprint density at radius 1 is 1.17 bits per heavy atom. The summed E-state index contributed by atoms with van der Waals surface area (Å²) in [6, 6.07) is 11.0. The number of alkyl halides is 1. The third-order valence-corrected chi connectivity index (χ3v) is 5.05. The average Bonchev–Trinajstić information content (AvgIpc) is 3.06. The Bertz CT molecular complexity index is 1000. The third-order valence-electron chi connectivity index (χ3n) is 5.05. The number of aromatic nitrogens is 2. The lowest BCUT2D eigenvalue weighted by Crippen LogP contribution is -2.28. The zero-order valence-electron chi connectivity index (χ0n) is 17.6. The smallest absolute Gasteiger partial charge is 0.319 e. The number of nitrogens with one attached hydrogen (secondary N) is 2. The number of rotatable bonds is 6. The maximum atomic E-state index is 13.1. The Kier molecular flexibility index (Phi) is 6.20. The van der Waals surface area contributed by atoms with Crippen molar-refractivity contribution in [1.82, 2.24) is 15.1 Å². The molecule has 0 saturated carbocycles. The van der Waals surface area contributed by atoms with Gasteiger partial charge in [-0.05, 0) is 47.1 Å². The van der Waals surface area contributed by atoms with Crippen molar-refractivity contribution in [3.63, 3.8) is 0 Å². The van der Waals surface area contributed by atoms with E-state index >= 15 is 0 Å². The highest BCUT2D eigenvalue weighted by Gasteiger charge is 2.14. The monoisotopic (exact) mass is 396 g/mol. The zero-order chi connectivity index (χ0) is 21.0. The van der Waals surface area contributed by atoms with Crippen LogP contribution in [0.3, 0.4) is 0 Å². The Morgan fingerprint density at radius 3 is 2.69 bits per heavy atom. The second-order valence-corrected chi connectivity index (χ2v) is 8.61. The first-order chi connectivity index (χ1) is 13.8. The Morgan fingerprint density at radius 2 is 1.97 bits per heavy atom. The molecule has 1 heterocycles. The minimum absolute atomic E-state index is 0.191. The lowest BCUT2D eigenvalue weighted by atomic mass is 9.87. The molecule has 0 bridgehead atoms. The number of benzene rings is 2. The van der Waals surface area contributed by atoms with Crippen LogP contribution in [0.1, 0.15) is 43.9 Å².